The molecular weight excluding hydrogens is 326 g/mol. The van der Waals surface area contributed by atoms with Gasteiger partial charge in [-0.15, -0.1) is 0 Å². The van der Waals surface area contributed by atoms with Crippen molar-refractivity contribution in [2.45, 2.75) is 11.8 Å². The van der Waals surface area contributed by atoms with Crippen LogP contribution in [-0.4, -0.2) is 20.9 Å². The second-order valence-corrected chi connectivity index (χ2v) is 6.40. The van der Waals surface area contributed by atoms with Crippen molar-refractivity contribution >= 4 is 21.6 Å². The van der Waals surface area contributed by atoms with Gasteiger partial charge in [-0.2, -0.15) is 0 Å². The summed E-state index contributed by atoms with van der Waals surface area (Å²) in [4.78, 5) is 12.0. The van der Waals surface area contributed by atoms with Crippen LogP contribution in [0.15, 0.2) is 47.4 Å². The lowest BCUT2D eigenvalue weighted by molar-refractivity contribution is 0.102. The lowest BCUT2D eigenvalue weighted by atomic mass is 10.2. The van der Waals surface area contributed by atoms with E-state index >= 15 is 0 Å². The summed E-state index contributed by atoms with van der Waals surface area (Å²) in [6.45, 7) is 1.90. The van der Waals surface area contributed by atoms with Crippen molar-refractivity contribution in [1.29, 1.82) is 0 Å². The molecule has 0 saturated carbocycles. The van der Waals surface area contributed by atoms with Gasteiger partial charge in [-0.1, -0.05) is 6.92 Å². The topological polar surface area (TPSA) is 75.3 Å². The van der Waals surface area contributed by atoms with Crippen molar-refractivity contribution in [3.05, 3.63) is 59.7 Å². The van der Waals surface area contributed by atoms with Crippen LogP contribution in [0.25, 0.3) is 0 Å². The number of nitrogens with one attached hydrogen (secondary N) is 2. The number of sulfonamides is 1. The van der Waals surface area contributed by atoms with Gasteiger partial charge in [0.15, 0.2) is 0 Å². The van der Waals surface area contributed by atoms with Gasteiger partial charge in [0.1, 0.15) is 11.6 Å². The molecule has 0 heterocycles. The Morgan fingerprint density at radius 3 is 2.13 bits per heavy atom. The molecule has 0 unspecified atom stereocenters. The fourth-order valence-electron chi connectivity index (χ4n) is 1.89. The first-order valence-corrected chi connectivity index (χ1v) is 8.17. The average molecular weight is 340 g/mol. The first-order valence-electron chi connectivity index (χ1n) is 6.69. The molecule has 122 valence electrons. The van der Waals surface area contributed by atoms with Crippen LogP contribution in [0.4, 0.5) is 14.5 Å². The van der Waals surface area contributed by atoms with Crippen LogP contribution in [0.3, 0.4) is 0 Å². The molecule has 0 spiro atoms. The number of benzene rings is 2. The normalized spacial score (nSPS) is 11.3. The summed E-state index contributed by atoms with van der Waals surface area (Å²) >= 11 is 0. The Bertz CT molecular complexity index is 801. The number of halogens is 2. The third-order valence-electron chi connectivity index (χ3n) is 2.88. The van der Waals surface area contributed by atoms with Gasteiger partial charge >= 0.3 is 0 Å². The highest BCUT2D eigenvalue weighted by molar-refractivity contribution is 7.89. The van der Waals surface area contributed by atoms with Gasteiger partial charge in [0.05, 0.1) is 4.90 Å². The fourth-order valence-corrected chi connectivity index (χ4v) is 2.93. The standard InChI is InChI=1S/C15H14F2N2O3S/c1-2-18-23(21,22)14-5-3-10(4-6-14)15(20)19-13-8-11(16)7-12(17)9-13/h3-9,18H,2H2,1H3,(H,19,20). The predicted molar refractivity (Wildman–Crippen MR) is 81.6 cm³/mol. The molecule has 0 aliphatic rings. The Labute approximate surface area is 132 Å². The number of anilines is 1. The SMILES string of the molecule is CCNS(=O)(=O)c1ccc(C(=O)Nc2cc(F)cc(F)c2)cc1. The second kappa shape index (κ2) is 6.84. The Balaban J connectivity index is 2.17. The zero-order chi connectivity index (χ0) is 17.0. The third kappa shape index (κ3) is 4.33. The first kappa shape index (κ1) is 17.0. The van der Waals surface area contributed by atoms with E-state index < -0.39 is 27.6 Å². The van der Waals surface area contributed by atoms with Crippen LogP contribution < -0.4 is 10.0 Å². The molecule has 23 heavy (non-hydrogen) atoms. The second-order valence-electron chi connectivity index (χ2n) is 4.64. The molecule has 8 heteroatoms. The smallest absolute Gasteiger partial charge is 0.255 e. The average Bonchev–Trinajstić information content (AvgIpc) is 2.46. The van der Waals surface area contributed by atoms with E-state index in [0.717, 1.165) is 12.1 Å². The number of rotatable bonds is 5. The molecule has 2 aromatic rings. The molecule has 5 nitrogen and oxygen atoms in total. The van der Waals surface area contributed by atoms with Crippen LogP contribution in [0.1, 0.15) is 17.3 Å². The maximum absolute atomic E-state index is 13.1. The molecule has 0 aliphatic carbocycles. The van der Waals surface area contributed by atoms with Gasteiger partial charge in [0.2, 0.25) is 10.0 Å². The highest BCUT2D eigenvalue weighted by Gasteiger charge is 2.14. The summed E-state index contributed by atoms with van der Waals surface area (Å²) in [6, 6.07) is 7.83. The molecule has 0 saturated heterocycles. The summed E-state index contributed by atoms with van der Waals surface area (Å²) in [6.07, 6.45) is 0. The summed E-state index contributed by atoms with van der Waals surface area (Å²) < 4.78 is 52.0. The number of amides is 1. The molecular formula is C15H14F2N2O3S. The summed E-state index contributed by atoms with van der Waals surface area (Å²) in [7, 11) is -3.60. The molecule has 0 atom stereocenters. The van der Waals surface area contributed by atoms with E-state index in [-0.39, 0.29) is 22.7 Å². The maximum Gasteiger partial charge on any atom is 0.255 e. The molecule has 0 aliphatic heterocycles. The predicted octanol–water partition coefficient (Wildman–Crippen LogP) is 2.52. The minimum absolute atomic E-state index is 0.0210. The van der Waals surface area contributed by atoms with Crippen molar-refractivity contribution in [1.82, 2.24) is 4.72 Å². The van der Waals surface area contributed by atoms with Crippen molar-refractivity contribution in [2.75, 3.05) is 11.9 Å². The van der Waals surface area contributed by atoms with Crippen molar-refractivity contribution < 1.29 is 22.0 Å². The van der Waals surface area contributed by atoms with E-state index in [1.807, 2.05) is 0 Å². The molecule has 0 fully saturated rings. The minimum atomic E-state index is -3.60. The molecule has 2 N–H and O–H groups in total. The number of carbonyl (C=O) groups is 1. The number of hydrogen-bond acceptors (Lipinski definition) is 3. The molecule has 0 bridgehead atoms. The van der Waals surface area contributed by atoms with Crippen LogP contribution in [0.5, 0.6) is 0 Å². The highest BCUT2D eigenvalue weighted by Crippen LogP contribution is 2.15. The molecule has 1 amide bonds. The lowest BCUT2D eigenvalue weighted by Crippen LogP contribution is -2.23. The van der Waals surface area contributed by atoms with Crippen LogP contribution in [-0.2, 0) is 10.0 Å². The van der Waals surface area contributed by atoms with Crippen molar-refractivity contribution in [3.8, 4) is 0 Å². The van der Waals surface area contributed by atoms with Gasteiger partial charge < -0.3 is 5.32 Å². The third-order valence-corrected chi connectivity index (χ3v) is 4.44. The maximum atomic E-state index is 13.1. The van der Waals surface area contributed by atoms with Crippen LogP contribution in [0.2, 0.25) is 0 Å². The van der Waals surface area contributed by atoms with Crippen LogP contribution in [0, 0.1) is 11.6 Å². The van der Waals surface area contributed by atoms with E-state index in [4.69, 9.17) is 0 Å². The van der Waals surface area contributed by atoms with Crippen molar-refractivity contribution in [2.24, 2.45) is 0 Å². The largest absolute Gasteiger partial charge is 0.322 e. The quantitative estimate of drug-likeness (QED) is 0.878. The number of hydrogen-bond donors (Lipinski definition) is 2. The van der Waals surface area contributed by atoms with Gasteiger partial charge in [-0.3, -0.25) is 4.79 Å². The molecule has 2 rings (SSSR count). The highest BCUT2D eigenvalue weighted by atomic mass is 32.2. The Kier molecular flexibility index (Phi) is 5.07. The molecule has 0 aromatic heterocycles. The van der Waals surface area contributed by atoms with Crippen LogP contribution >= 0.6 is 0 Å². The summed E-state index contributed by atoms with van der Waals surface area (Å²) in [5, 5.41) is 2.34. The van der Waals surface area contributed by atoms with Gasteiger partial charge in [0.25, 0.3) is 5.91 Å². The Morgan fingerprint density at radius 2 is 1.61 bits per heavy atom. The zero-order valence-electron chi connectivity index (χ0n) is 12.1. The van der Waals surface area contributed by atoms with E-state index in [2.05, 4.69) is 10.0 Å². The Morgan fingerprint density at radius 1 is 1.04 bits per heavy atom. The van der Waals surface area contributed by atoms with Gasteiger partial charge in [-0.05, 0) is 36.4 Å². The summed E-state index contributed by atoms with van der Waals surface area (Å²) in [5.74, 6) is -2.23. The van der Waals surface area contributed by atoms with Gasteiger partial charge in [-0.25, -0.2) is 21.9 Å². The molecule has 0 radical (unpaired) electrons. The first-order chi connectivity index (χ1) is 10.8. The van der Waals surface area contributed by atoms with Gasteiger partial charge in [0, 0.05) is 23.9 Å². The summed E-state index contributed by atoms with van der Waals surface area (Å²) in [5.41, 5.74) is 0.127. The van der Waals surface area contributed by atoms with E-state index in [0.29, 0.717) is 6.07 Å². The monoisotopic (exact) mass is 340 g/mol. The van der Waals surface area contributed by atoms with E-state index in [1.54, 1.807) is 6.92 Å². The van der Waals surface area contributed by atoms with E-state index in [9.17, 15) is 22.0 Å². The lowest BCUT2D eigenvalue weighted by Gasteiger charge is -2.07. The Hall–Kier alpha value is -2.32. The zero-order valence-corrected chi connectivity index (χ0v) is 13.0. The van der Waals surface area contributed by atoms with E-state index in [1.165, 1.54) is 24.3 Å². The molecule has 2 aromatic carbocycles. The minimum Gasteiger partial charge on any atom is -0.322 e. The fraction of sp³-hybridized carbons (Fsp3) is 0.133. The number of carbonyl (C=O) groups excluding carboxylic acids is 1. The van der Waals surface area contributed by atoms with Crippen molar-refractivity contribution in [3.63, 3.8) is 0 Å².